The van der Waals surface area contributed by atoms with Crippen molar-refractivity contribution in [2.75, 3.05) is 0 Å². The maximum Gasteiger partial charge on any atom is 0.284 e. The van der Waals surface area contributed by atoms with E-state index in [1.807, 2.05) is 0 Å². The highest BCUT2D eigenvalue weighted by atomic mass is 35.5. The highest BCUT2D eigenvalue weighted by Crippen LogP contribution is 2.21. The van der Waals surface area contributed by atoms with E-state index in [1.54, 1.807) is 42.2 Å². The summed E-state index contributed by atoms with van der Waals surface area (Å²) in [7, 11) is 1.73. The minimum atomic E-state index is -0.583. The molecule has 31 heavy (non-hydrogen) atoms. The number of hydrogen-bond donors (Lipinski definition) is 1. The van der Waals surface area contributed by atoms with Crippen molar-refractivity contribution >= 4 is 23.3 Å². The van der Waals surface area contributed by atoms with Crippen LogP contribution in [0.2, 0.25) is 5.02 Å². The van der Waals surface area contributed by atoms with Gasteiger partial charge in [0.05, 0.1) is 24.1 Å². The lowest BCUT2D eigenvalue weighted by molar-refractivity contribution is -0.120. The molecular weight excluding hydrogens is 418 g/mol. The van der Waals surface area contributed by atoms with Gasteiger partial charge < -0.3 is 5.32 Å². The van der Waals surface area contributed by atoms with E-state index in [2.05, 4.69) is 15.5 Å². The standard InChI is InChI=1S/C22H22ClN5O3/c1-27-13-16(12-24-27)28-22(31)17(11-19(26-28)14-7-9-15(23)10-8-14)21(30)25-18-5-3-2-4-6-20(18)29/h7-13,18H,2-6H2,1H3,(H,25,30)/t18-/m0/s1. The van der Waals surface area contributed by atoms with Gasteiger partial charge in [-0.1, -0.05) is 36.6 Å². The van der Waals surface area contributed by atoms with Gasteiger partial charge in [-0.25, -0.2) is 0 Å². The molecule has 3 aromatic rings. The summed E-state index contributed by atoms with van der Waals surface area (Å²) < 4.78 is 2.70. The molecule has 1 aromatic carbocycles. The molecule has 1 amide bonds. The fraction of sp³-hybridized carbons (Fsp3) is 0.318. The van der Waals surface area contributed by atoms with Crippen molar-refractivity contribution in [1.29, 1.82) is 0 Å². The lowest BCUT2D eigenvalue weighted by Gasteiger charge is -2.16. The zero-order valence-electron chi connectivity index (χ0n) is 17.0. The van der Waals surface area contributed by atoms with Gasteiger partial charge in [-0.3, -0.25) is 19.1 Å². The Morgan fingerprint density at radius 2 is 1.94 bits per heavy atom. The number of halogens is 1. The number of Topliss-reactive ketones (excluding diaryl/α,β-unsaturated/α-hetero) is 1. The number of nitrogens with zero attached hydrogens (tertiary/aromatic N) is 4. The Morgan fingerprint density at radius 3 is 2.65 bits per heavy atom. The number of nitrogens with one attached hydrogen (secondary N) is 1. The number of rotatable bonds is 4. The number of carbonyl (C=O) groups excluding carboxylic acids is 2. The number of ketones is 1. The van der Waals surface area contributed by atoms with Gasteiger partial charge in [0.2, 0.25) is 0 Å². The van der Waals surface area contributed by atoms with Crippen molar-refractivity contribution in [3.05, 3.63) is 63.7 Å². The lowest BCUT2D eigenvalue weighted by Crippen LogP contribution is -2.43. The third-order valence-electron chi connectivity index (χ3n) is 5.34. The van der Waals surface area contributed by atoms with E-state index in [4.69, 9.17) is 11.6 Å². The Labute approximate surface area is 183 Å². The van der Waals surface area contributed by atoms with Crippen LogP contribution in [0.5, 0.6) is 0 Å². The predicted molar refractivity (Wildman–Crippen MR) is 116 cm³/mol. The van der Waals surface area contributed by atoms with Crippen LogP contribution in [-0.4, -0.2) is 37.3 Å². The third-order valence-corrected chi connectivity index (χ3v) is 5.59. The van der Waals surface area contributed by atoms with Crippen LogP contribution in [0, 0.1) is 0 Å². The first-order valence-corrected chi connectivity index (χ1v) is 10.5. The first kappa shape index (κ1) is 21.0. The van der Waals surface area contributed by atoms with Crippen LogP contribution in [0.25, 0.3) is 16.9 Å². The first-order chi connectivity index (χ1) is 14.9. The van der Waals surface area contributed by atoms with Gasteiger partial charge >= 0.3 is 0 Å². The average molecular weight is 440 g/mol. The summed E-state index contributed by atoms with van der Waals surface area (Å²) in [4.78, 5) is 38.6. The van der Waals surface area contributed by atoms with Crippen LogP contribution < -0.4 is 10.9 Å². The van der Waals surface area contributed by atoms with Crippen molar-refractivity contribution in [3.8, 4) is 16.9 Å². The molecule has 1 saturated carbocycles. The van der Waals surface area contributed by atoms with Crippen LogP contribution in [0.4, 0.5) is 0 Å². The van der Waals surface area contributed by atoms with Gasteiger partial charge in [0, 0.05) is 24.1 Å². The van der Waals surface area contributed by atoms with Crippen molar-refractivity contribution in [2.45, 2.75) is 38.1 Å². The summed E-state index contributed by atoms with van der Waals surface area (Å²) >= 11 is 5.99. The highest BCUT2D eigenvalue weighted by Gasteiger charge is 2.25. The normalized spacial score (nSPS) is 16.7. The molecule has 1 aliphatic carbocycles. The molecule has 4 rings (SSSR count). The van der Waals surface area contributed by atoms with E-state index >= 15 is 0 Å². The second-order valence-electron chi connectivity index (χ2n) is 7.63. The Morgan fingerprint density at radius 1 is 1.16 bits per heavy atom. The number of aromatic nitrogens is 4. The summed E-state index contributed by atoms with van der Waals surface area (Å²) in [6.45, 7) is 0. The number of carbonyl (C=O) groups is 2. The molecule has 0 saturated heterocycles. The Kier molecular flexibility index (Phi) is 5.99. The highest BCUT2D eigenvalue weighted by molar-refractivity contribution is 6.30. The lowest BCUT2D eigenvalue weighted by atomic mass is 10.1. The van der Waals surface area contributed by atoms with E-state index in [9.17, 15) is 14.4 Å². The fourth-order valence-corrected chi connectivity index (χ4v) is 3.79. The molecule has 1 aliphatic rings. The fourth-order valence-electron chi connectivity index (χ4n) is 3.66. The molecule has 1 fully saturated rings. The number of amides is 1. The molecule has 2 aromatic heterocycles. The molecule has 0 aliphatic heterocycles. The third kappa shape index (κ3) is 4.59. The number of aryl methyl sites for hydroxylation is 1. The number of hydrogen-bond acceptors (Lipinski definition) is 5. The Balaban J connectivity index is 1.77. The van der Waals surface area contributed by atoms with Crippen molar-refractivity contribution < 1.29 is 9.59 Å². The van der Waals surface area contributed by atoms with Crippen LogP contribution >= 0.6 is 11.6 Å². The Bertz CT molecular complexity index is 1180. The summed E-state index contributed by atoms with van der Waals surface area (Å²) in [5.41, 5.74) is 0.895. The van der Waals surface area contributed by atoms with Crippen LogP contribution in [0.1, 0.15) is 42.5 Å². The molecule has 9 heteroatoms. The molecule has 0 unspecified atom stereocenters. The maximum absolute atomic E-state index is 13.1. The predicted octanol–water partition coefficient (Wildman–Crippen LogP) is 2.92. The maximum atomic E-state index is 13.1. The first-order valence-electron chi connectivity index (χ1n) is 10.2. The molecule has 0 radical (unpaired) electrons. The van der Waals surface area contributed by atoms with Crippen LogP contribution in [0.15, 0.2) is 47.5 Å². The quantitative estimate of drug-likeness (QED) is 0.630. The average Bonchev–Trinajstić information content (AvgIpc) is 3.08. The second kappa shape index (κ2) is 8.85. The van der Waals surface area contributed by atoms with E-state index in [1.165, 1.54) is 12.3 Å². The molecule has 8 nitrogen and oxygen atoms in total. The summed E-state index contributed by atoms with van der Waals surface area (Å²) in [5, 5.41) is 11.9. The molecule has 0 bridgehead atoms. The molecule has 2 heterocycles. The van der Waals surface area contributed by atoms with E-state index in [0.29, 0.717) is 34.8 Å². The zero-order chi connectivity index (χ0) is 22.0. The summed E-state index contributed by atoms with van der Waals surface area (Å²) in [6.07, 6.45) is 6.81. The van der Waals surface area contributed by atoms with Crippen molar-refractivity contribution in [1.82, 2.24) is 24.9 Å². The molecule has 1 atom stereocenters. The molecule has 160 valence electrons. The van der Waals surface area contributed by atoms with Crippen LogP contribution in [-0.2, 0) is 11.8 Å². The van der Waals surface area contributed by atoms with Crippen LogP contribution in [0.3, 0.4) is 0 Å². The zero-order valence-corrected chi connectivity index (χ0v) is 17.8. The smallest absolute Gasteiger partial charge is 0.284 e. The van der Waals surface area contributed by atoms with Gasteiger partial charge in [-0.05, 0) is 31.0 Å². The Hall–Kier alpha value is -3.26. The van der Waals surface area contributed by atoms with Gasteiger partial charge in [0.15, 0.2) is 5.78 Å². The summed E-state index contributed by atoms with van der Waals surface area (Å²) in [6, 6.07) is 7.82. The van der Waals surface area contributed by atoms with Gasteiger partial charge in [-0.2, -0.15) is 14.9 Å². The molecule has 1 N–H and O–H groups in total. The van der Waals surface area contributed by atoms with Gasteiger partial charge in [0.1, 0.15) is 11.3 Å². The van der Waals surface area contributed by atoms with Gasteiger partial charge in [0.25, 0.3) is 11.5 Å². The van der Waals surface area contributed by atoms with Crippen molar-refractivity contribution in [2.24, 2.45) is 7.05 Å². The van der Waals surface area contributed by atoms with E-state index < -0.39 is 17.5 Å². The minimum absolute atomic E-state index is 0.00501. The van der Waals surface area contributed by atoms with E-state index in [0.717, 1.165) is 23.9 Å². The molecular formula is C22H22ClN5O3. The SMILES string of the molecule is Cn1cc(-n2nc(-c3ccc(Cl)cc3)cc(C(=O)N[C@H]3CCCCCC3=O)c2=O)cn1. The monoisotopic (exact) mass is 439 g/mol. The van der Waals surface area contributed by atoms with Crippen molar-refractivity contribution in [3.63, 3.8) is 0 Å². The minimum Gasteiger partial charge on any atom is -0.342 e. The molecule has 0 spiro atoms. The van der Waals surface area contributed by atoms with Gasteiger partial charge in [-0.15, -0.1) is 0 Å². The number of benzene rings is 1. The van der Waals surface area contributed by atoms with E-state index in [-0.39, 0.29) is 11.3 Å². The largest absolute Gasteiger partial charge is 0.342 e. The second-order valence-corrected chi connectivity index (χ2v) is 8.07. The topological polar surface area (TPSA) is 98.9 Å². The summed E-state index contributed by atoms with van der Waals surface area (Å²) in [5.74, 6) is -0.578.